The van der Waals surface area contributed by atoms with Crippen LogP contribution in [0.5, 0.6) is 11.5 Å². The van der Waals surface area contributed by atoms with Gasteiger partial charge in [0.05, 0.1) is 31.0 Å². The number of rotatable bonds is 8. The molecule has 1 aliphatic rings. The highest BCUT2D eigenvalue weighted by Gasteiger charge is 2.34. The second-order valence-electron chi connectivity index (χ2n) is 8.74. The quantitative estimate of drug-likeness (QED) is 0.497. The largest absolute Gasteiger partial charge is 0.496 e. The number of likely N-dealkylation sites (tertiary alicyclic amines) is 1. The molecule has 2 aromatic carbocycles. The van der Waals surface area contributed by atoms with Gasteiger partial charge in [-0.2, -0.15) is 0 Å². The summed E-state index contributed by atoms with van der Waals surface area (Å²) in [6, 6.07) is 13.0. The predicted molar refractivity (Wildman–Crippen MR) is 134 cm³/mol. The van der Waals surface area contributed by atoms with Crippen molar-refractivity contribution in [1.29, 1.82) is 0 Å². The zero-order valence-corrected chi connectivity index (χ0v) is 20.5. The van der Waals surface area contributed by atoms with E-state index < -0.39 is 24.0 Å². The molecule has 188 valence electrons. The maximum Gasteiger partial charge on any atom is 0.326 e. The highest BCUT2D eigenvalue weighted by atomic mass is 16.5. The first-order chi connectivity index (χ1) is 17.3. The van der Waals surface area contributed by atoms with E-state index in [4.69, 9.17) is 14.5 Å². The lowest BCUT2D eigenvalue weighted by Gasteiger charge is -2.24. The highest BCUT2D eigenvalue weighted by Crippen LogP contribution is 2.37. The minimum atomic E-state index is -1.13. The lowest BCUT2D eigenvalue weighted by Crippen LogP contribution is -2.51. The number of carbonyl (C=O) groups is 3. The van der Waals surface area contributed by atoms with Crippen molar-refractivity contribution in [2.24, 2.45) is 0 Å². The predicted octanol–water partition coefficient (Wildman–Crippen LogP) is 3.04. The maximum absolute atomic E-state index is 12.8. The Morgan fingerprint density at radius 1 is 1.11 bits per heavy atom. The minimum absolute atomic E-state index is 0.103. The summed E-state index contributed by atoms with van der Waals surface area (Å²) in [6.07, 6.45) is 1.35. The van der Waals surface area contributed by atoms with Crippen LogP contribution in [0, 0.1) is 0 Å². The van der Waals surface area contributed by atoms with Gasteiger partial charge in [0, 0.05) is 25.3 Å². The molecule has 9 nitrogen and oxygen atoms in total. The molecule has 1 fully saturated rings. The first-order valence-electron chi connectivity index (χ1n) is 11.7. The number of pyridine rings is 1. The molecule has 0 aliphatic carbocycles. The number of carboxylic acids is 1. The number of methoxy groups -OCH3 is 2. The van der Waals surface area contributed by atoms with E-state index in [2.05, 4.69) is 5.32 Å². The van der Waals surface area contributed by atoms with Crippen LogP contribution in [0.2, 0.25) is 0 Å². The Morgan fingerprint density at radius 3 is 2.47 bits per heavy atom. The maximum atomic E-state index is 12.8. The number of hydrogen-bond acceptors (Lipinski definition) is 6. The monoisotopic (exact) mass is 491 g/mol. The van der Waals surface area contributed by atoms with Gasteiger partial charge in [0.1, 0.15) is 23.6 Å². The van der Waals surface area contributed by atoms with Gasteiger partial charge in [0.25, 0.3) is 0 Å². The molecule has 2 amide bonds. The smallest absolute Gasteiger partial charge is 0.326 e. The highest BCUT2D eigenvalue weighted by molar-refractivity contribution is 5.91. The van der Waals surface area contributed by atoms with Crippen molar-refractivity contribution >= 4 is 28.7 Å². The number of amides is 2. The SMILES string of the molecule is COc1cccc(OC)c1-c1ccc2cc(CC(NC(=O)C3CCCN3C(C)=O)C(=O)O)ccc2n1. The summed E-state index contributed by atoms with van der Waals surface area (Å²) in [5.74, 6) is -0.473. The van der Waals surface area contributed by atoms with E-state index in [1.54, 1.807) is 20.3 Å². The first-order valence-corrected chi connectivity index (χ1v) is 11.7. The van der Waals surface area contributed by atoms with Gasteiger partial charge in [0.2, 0.25) is 11.8 Å². The van der Waals surface area contributed by atoms with Gasteiger partial charge < -0.3 is 24.8 Å². The number of hydrogen-bond donors (Lipinski definition) is 2. The van der Waals surface area contributed by atoms with Gasteiger partial charge in [0.15, 0.2) is 0 Å². The zero-order valence-electron chi connectivity index (χ0n) is 20.5. The van der Waals surface area contributed by atoms with Crippen molar-refractivity contribution < 1.29 is 29.0 Å². The van der Waals surface area contributed by atoms with Gasteiger partial charge in [-0.3, -0.25) is 9.59 Å². The second-order valence-corrected chi connectivity index (χ2v) is 8.74. The molecule has 0 spiro atoms. The van der Waals surface area contributed by atoms with Crippen LogP contribution < -0.4 is 14.8 Å². The first kappa shape index (κ1) is 25.0. The number of benzene rings is 2. The molecule has 0 bridgehead atoms. The topological polar surface area (TPSA) is 118 Å². The van der Waals surface area contributed by atoms with Gasteiger partial charge in [-0.05, 0) is 48.7 Å². The van der Waals surface area contributed by atoms with Crippen molar-refractivity contribution in [2.75, 3.05) is 20.8 Å². The number of carbonyl (C=O) groups excluding carboxylic acids is 2. The molecule has 1 aliphatic heterocycles. The fourth-order valence-corrected chi connectivity index (χ4v) is 4.66. The molecule has 1 saturated heterocycles. The third kappa shape index (κ3) is 5.10. The summed E-state index contributed by atoms with van der Waals surface area (Å²) in [4.78, 5) is 42.7. The van der Waals surface area contributed by atoms with Crippen LogP contribution in [0.3, 0.4) is 0 Å². The van der Waals surface area contributed by atoms with Crippen LogP contribution in [-0.4, -0.2) is 65.6 Å². The Hall–Kier alpha value is -4.14. The summed E-state index contributed by atoms with van der Waals surface area (Å²) >= 11 is 0. The number of nitrogens with one attached hydrogen (secondary N) is 1. The Bertz CT molecular complexity index is 1290. The van der Waals surface area contributed by atoms with E-state index in [0.717, 1.165) is 28.5 Å². The molecule has 4 rings (SSSR count). The molecule has 0 saturated carbocycles. The standard InChI is InChI=1S/C27H29N3O6/c1-16(31)30-13-5-6-22(30)26(32)29-21(27(33)34)15-17-9-11-19-18(14-17)10-12-20(28-19)25-23(35-2)7-4-8-24(25)36-3/h4,7-12,14,21-22H,5-6,13,15H2,1-3H3,(H,29,32)(H,33,34). The number of ether oxygens (including phenoxy) is 2. The van der Waals surface area contributed by atoms with Crippen LogP contribution in [0.25, 0.3) is 22.2 Å². The van der Waals surface area contributed by atoms with E-state index in [1.165, 1.54) is 11.8 Å². The van der Waals surface area contributed by atoms with Crippen molar-refractivity contribution in [1.82, 2.24) is 15.2 Å². The Morgan fingerprint density at radius 2 is 1.83 bits per heavy atom. The van der Waals surface area contributed by atoms with Crippen LogP contribution in [-0.2, 0) is 20.8 Å². The van der Waals surface area contributed by atoms with Gasteiger partial charge >= 0.3 is 5.97 Å². The fourth-order valence-electron chi connectivity index (χ4n) is 4.66. The molecule has 2 heterocycles. The molecule has 9 heteroatoms. The van der Waals surface area contributed by atoms with E-state index in [9.17, 15) is 19.5 Å². The number of fused-ring (bicyclic) bond motifs is 1. The van der Waals surface area contributed by atoms with Crippen molar-refractivity contribution in [3.8, 4) is 22.8 Å². The van der Waals surface area contributed by atoms with Gasteiger partial charge in [-0.25, -0.2) is 9.78 Å². The second kappa shape index (κ2) is 10.6. The van der Waals surface area contributed by atoms with Crippen molar-refractivity contribution in [3.63, 3.8) is 0 Å². The Labute approximate surface area is 209 Å². The molecule has 3 aromatic rings. The Kier molecular flexibility index (Phi) is 7.38. The summed E-state index contributed by atoms with van der Waals surface area (Å²) < 4.78 is 11.0. The summed E-state index contributed by atoms with van der Waals surface area (Å²) in [5, 5.41) is 13.2. The lowest BCUT2D eigenvalue weighted by molar-refractivity contribution is -0.143. The average molecular weight is 492 g/mol. The number of aliphatic carboxylic acids is 1. The lowest BCUT2D eigenvalue weighted by atomic mass is 10.0. The fraction of sp³-hybridized carbons (Fsp3) is 0.333. The Balaban J connectivity index is 1.56. The molecule has 36 heavy (non-hydrogen) atoms. The molecular formula is C27H29N3O6. The van der Waals surface area contributed by atoms with E-state index in [-0.39, 0.29) is 12.3 Å². The van der Waals surface area contributed by atoms with Gasteiger partial charge in [-0.15, -0.1) is 0 Å². The van der Waals surface area contributed by atoms with Gasteiger partial charge in [-0.1, -0.05) is 18.2 Å². The number of carboxylic acid groups (broad SMARTS) is 1. The average Bonchev–Trinajstić information content (AvgIpc) is 3.38. The number of aromatic nitrogens is 1. The third-order valence-electron chi connectivity index (χ3n) is 6.45. The van der Waals surface area contributed by atoms with Crippen molar-refractivity contribution in [3.05, 3.63) is 54.1 Å². The normalized spacial score (nSPS) is 16.0. The molecule has 0 radical (unpaired) electrons. The van der Waals surface area contributed by atoms with E-state index >= 15 is 0 Å². The van der Waals surface area contributed by atoms with Crippen molar-refractivity contribution in [2.45, 2.75) is 38.3 Å². The molecular weight excluding hydrogens is 462 g/mol. The molecule has 2 N–H and O–H groups in total. The molecule has 1 aromatic heterocycles. The van der Waals surface area contributed by atoms with Crippen LogP contribution in [0.1, 0.15) is 25.3 Å². The summed E-state index contributed by atoms with van der Waals surface area (Å²) in [7, 11) is 3.18. The van der Waals surface area contributed by atoms with Crippen LogP contribution >= 0.6 is 0 Å². The van der Waals surface area contributed by atoms with E-state index in [1.807, 2.05) is 42.5 Å². The van der Waals surface area contributed by atoms with Crippen LogP contribution in [0.15, 0.2) is 48.5 Å². The van der Waals surface area contributed by atoms with E-state index in [0.29, 0.717) is 30.2 Å². The minimum Gasteiger partial charge on any atom is -0.496 e. The summed E-state index contributed by atoms with van der Waals surface area (Å²) in [5.41, 5.74) is 2.90. The number of nitrogens with zero attached hydrogens (tertiary/aromatic N) is 2. The summed E-state index contributed by atoms with van der Waals surface area (Å²) in [6.45, 7) is 1.92. The molecule has 2 atom stereocenters. The third-order valence-corrected chi connectivity index (χ3v) is 6.45. The van der Waals surface area contributed by atoms with Crippen LogP contribution in [0.4, 0.5) is 0 Å². The molecule has 2 unspecified atom stereocenters. The zero-order chi connectivity index (χ0) is 25.8.